The van der Waals surface area contributed by atoms with E-state index in [9.17, 15) is 9.59 Å². The average molecular weight is 560 g/mol. The van der Waals surface area contributed by atoms with Crippen LogP contribution in [0.15, 0.2) is 72.8 Å². The van der Waals surface area contributed by atoms with Crippen LogP contribution in [0.1, 0.15) is 53.6 Å². The summed E-state index contributed by atoms with van der Waals surface area (Å²) in [6.07, 6.45) is 5.40. The fraction of sp³-hybridized carbons (Fsp3) is 0.394. The first-order valence-electron chi connectivity index (χ1n) is 14.4. The summed E-state index contributed by atoms with van der Waals surface area (Å²) in [4.78, 5) is 28.4. The Balaban J connectivity index is 1.48. The molecule has 3 aromatic carbocycles. The number of nitrogens with zero attached hydrogens (tertiary/aromatic N) is 1. The van der Waals surface area contributed by atoms with Crippen molar-refractivity contribution >= 4 is 17.5 Å². The maximum atomic E-state index is 13.4. The van der Waals surface area contributed by atoms with Crippen LogP contribution in [-0.4, -0.2) is 51.8 Å². The molecule has 41 heavy (non-hydrogen) atoms. The third kappa shape index (κ3) is 9.62. The van der Waals surface area contributed by atoms with Crippen LogP contribution in [0.4, 0.5) is 5.69 Å². The quantitative estimate of drug-likeness (QED) is 0.336. The Bertz CT molecular complexity index is 1250. The van der Waals surface area contributed by atoms with Crippen molar-refractivity contribution in [1.29, 1.82) is 0 Å². The average Bonchev–Trinajstić information content (AvgIpc) is 3.00. The van der Waals surface area contributed by atoms with Gasteiger partial charge in [-0.05, 0) is 73.0 Å². The Kier molecular flexibility index (Phi) is 12.0. The number of ether oxygens (including phenoxy) is 3. The lowest BCUT2D eigenvalue weighted by atomic mass is 10.0. The van der Waals surface area contributed by atoms with Crippen LogP contribution < -0.4 is 25.0 Å². The van der Waals surface area contributed by atoms with E-state index in [0.29, 0.717) is 44.2 Å². The Morgan fingerprint density at radius 2 is 1.66 bits per heavy atom. The third-order valence-electron chi connectivity index (χ3n) is 7.00. The van der Waals surface area contributed by atoms with Crippen molar-refractivity contribution < 1.29 is 23.8 Å². The number of para-hydroxylation sites is 1. The molecule has 8 nitrogen and oxygen atoms in total. The van der Waals surface area contributed by atoms with E-state index < -0.39 is 0 Å². The number of amides is 2. The fourth-order valence-electron chi connectivity index (χ4n) is 4.80. The second kappa shape index (κ2) is 16.4. The molecule has 0 saturated carbocycles. The molecule has 1 aliphatic rings. The molecule has 1 heterocycles. The molecule has 0 bridgehead atoms. The predicted molar refractivity (Wildman–Crippen MR) is 161 cm³/mol. The SMILES string of the molecule is COCCOc1cccc(CNC(=O)c2ccc3c(c2)CNCCCCCCCN3C(=O)COc2ccccc2)c1. The van der Waals surface area contributed by atoms with Gasteiger partial charge in [0.25, 0.3) is 11.8 Å². The number of nitrogens with one attached hydrogen (secondary N) is 2. The molecule has 2 amide bonds. The minimum absolute atomic E-state index is 0.0482. The van der Waals surface area contributed by atoms with Gasteiger partial charge in [0, 0.05) is 38.0 Å². The molecule has 0 radical (unpaired) electrons. The zero-order valence-corrected chi connectivity index (χ0v) is 23.9. The number of carbonyl (C=O) groups excluding carboxylic acids is 2. The van der Waals surface area contributed by atoms with Gasteiger partial charge in [-0.25, -0.2) is 0 Å². The van der Waals surface area contributed by atoms with Crippen LogP contribution in [0.25, 0.3) is 0 Å². The van der Waals surface area contributed by atoms with E-state index in [2.05, 4.69) is 10.6 Å². The highest BCUT2D eigenvalue weighted by Crippen LogP contribution is 2.25. The summed E-state index contributed by atoms with van der Waals surface area (Å²) in [5.74, 6) is 1.13. The normalized spacial score (nSPS) is 14.2. The zero-order valence-electron chi connectivity index (χ0n) is 23.9. The van der Waals surface area contributed by atoms with Crippen molar-refractivity contribution in [3.8, 4) is 11.5 Å². The summed E-state index contributed by atoms with van der Waals surface area (Å²) in [6, 6.07) is 22.6. The molecule has 0 aliphatic carbocycles. The molecule has 2 N–H and O–H groups in total. The zero-order chi connectivity index (χ0) is 28.7. The fourth-order valence-corrected chi connectivity index (χ4v) is 4.80. The third-order valence-corrected chi connectivity index (χ3v) is 7.00. The molecule has 1 aliphatic heterocycles. The standard InChI is InChI=1S/C33H41N3O5/c1-39-19-20-40-30-14-10-11-26(21-30)23-35-33(38)27-15-16-31-28(22-27)24-34-17-8-3-2-4-9-18-36(31)32(37)25-41-29-12-6-5-7-13-29/h5-7,10-16,21-22,34H,2-4,8-9,17-20,23-25H2,1H3,(H,35,38). The maximum Gasteiger partial charge on any atom is 0.264 e. The minimum atomic E-state index is -0.171. The molecule has 0 unspecified atom stereocenters. The number of benzene rings is 3. The molecule has 0 aromatic heterocycles. The summed E-state index contributed by atoms with van der Waals surface area (Å²) in [7, 11) is 1.64. The van der Waals surface area contributed by atoms with Gasteiger partial charge >= 0.3 is 0 Å². The van der Waals surface area contributed by atoms with Gasteiger partial charge in [0.2, 0.25) is 0 Å². The highest BCUT2D eigenvalue weighted by atomic mass is 16.5. The molecule has 8 heteroatoms. The maximum absolute atomic E-state index is 13.4. The molecule has 3 aromatic rings. The molecule has 218 valence electrons. The van der Waals surface area contributed by atoms with Crippen molar-refractivity contribution in [2.24, 2.45) is 0 Å². The predicted octanol–water partition coefficient (Wildman–Crippen LogP) is 5.11. The van der Waals surface area contributed by atoms with Crippen molar-refractivity contribution in [2.45, 2.75) is 45.2 Å². The van der Waals surface area contributed by atoms with Crippen molar-refractivity contribution in [2.75, 3.05) is 44.9 Å². The van der Waals surface area contributed by atoms with Gasteiger partial charge in [-0.1, -0.05) is 49.6 Å². The van der Waals surface area contributed by atoms with E-state index in [-0.39, 0.29) is 18.4 Å². The van der Waals surface area contributed by atoms with Gasteiger partial charge in [-0.15, -0.1) is 0 Å². The van der Waals surface area contributed by atoms with E-state index in [1.165, 1.54) is 0 Å². The number of hydrogen-bond acceptors (Lipinski definition) is 6. The highest BCUT2D eigenvalue weighted by molar-refractivity contribution is 5.98. The van der Waals surface area contributed by atoms with Crippen LogP contribution in [0, 0.1) is 0 Å². The van der Waals surface area contributed by atoms with Crippen molar-refractivity contribution in [3.05, 3.63) is 89.5 Å². The Morgan fingerprint density at radius 1 is 0.854 bits per heavy atom. The van der Waals surface area contributed by atoms with Gasteiger partial charge in [0.05, 0.1) is 6.61 Å². The molecule has 0 fully saturated rings. The van der Waals surface area contributed by atoms with E-state index >= 15 is 0 Å². The number of methoxy groups -OCH3 is 1. The lowest BCUT2D eigenvalue weighted by molar-refractivity contribution is -0.120. The second-order valence-corrected chi connectivity index (χ2v) is 10.1. The molecular weight excluding hydrogens is 518 g/mol. The number of rotatable bonds is 10. The first kappa shape index (κ1) is 30.1. The van der Waals surface area contributed by atoms with Crippen LogP contribution in [0.3, 0.4) is 0 Å². The van der Waals surface area contributed by atoms with E-state index in [1.807, 2.05) is 71.6 Å². The van der Waals surface area contributed by atoms with Crippen LogP contribution in [0.5, 0.6) is 11.5 Å². The summed E-state index contributed by atoms with van der Waals surface area (Å²) in [6.45, 7) is 3.37. The number of hydrogen-bond donors (Lipinski definition) is 2. The summed E-state index contributed by atoms with van der Waals surface area (Å²) >= 11 is 0. The highest BCUT2D eigenvalue weighted by Gasteiger charge is 2.21. The Hall–Kier alpha value is -3.88. The van der Waals surface area contributed by atoms with E-state index in [0.717, 1.165) is 61.2 Å². The summed E-state index contributed by atoms with van der Waals surface area (Å²) < 4.78 is 16.5. The van der Waals surface area contributed by atoms with E-state index in [1.54, 1.807) is 13.2 Å². The Morgan fingerprint density at radius 3 is 2.51 bits per heavy atom. The van der Waals surface area contributed by atoms with Gasteiger partial charge in [-0.2, -0.15) is 0 Å². The van der Waals surface area contributed by atoms with Crippen LogP contribution >= 0.6 is 0 Å². The lowest BCUT2D eigenvalue weighted by Crippen LogP contribution is -2.37. The largest absolute Gasteiger partial charge is 0.491 e. The number of anilines is 1. The van der Waals surface area contributed by atoms with Crippen LogP contribution in [-0.2, 0) is 22.6 Å². The molecule has 0 saturated heterocycles. The van der Waals surface area contributed by atoms with Crippen molar-refractivity contribution in [3.63, 3.8) is 0 Å². The minimum Gasteiger partial charge on any atom is -0.491 e. The molecule has 0 spiro atoms. The second-order valence-electron chi connectivity index (χ2n) is 10.1. The first-order chi connectivity index (χ1) is 20.1. The van der Waals surface area contributed by atoms with Crippen molar-refractivity contribution in [1.82, 2.24) is 10.6 Å². The Labute approximate surface area is 243 Å². The topological polar surface area (TPSA) is 89.1 Å². The van der Waals surface area contributed by atoms with Gasteiger partial charge < -0.3 is 29.7 Å². The van der Waals surface area contributed by atoms with Gasteiger partial charge in [-0.3, -0.25) is 9.59 Å². The molecule has 4 rings (SSSR count). The van der Waals surface area contributed by atoms with E-state index in [4.69, 9.17) is 14.2 Å². The smallest absolute Gasteiger partial charge is 0.264 e. The molecular formula is C33H41N3O5. The summed E-state index contributed by atoms with van der Waals surface area (Å²) in [5, 5.41) is 6.52. The lowest BCUT2D eigenvalue weighted by Gasteiger charge is -2.26. The monoisotopic (exact) mass is 559 g/mol. The van der Waals surface area contributed by atoms with Gasteiger partial charge in [0.1, 0.15) is 18.1 Å². The van der Waals surface area contributed by atoms with Crippen LogP contribution in [0.2, 0.25) is 0 Å². The number of fused-ring (bicyclic) bond motifs is 1. The summed E-state index contributed by atoms with van der Waals surface area (Å²) in [5.41, 5.74) is 3.23. The van der Waals surface area contributed by atoms with Gasteiger partial charge in [0.15, 0.2) is 6.61 Å². The number of carbonyl (C=O) groups is 2. The first-order valence-corrected chi connectivity index (χ1v) is 14.4. The molecule has 0 atom stereocenters.